The number of aryl methyl sites for hydroxylation is 1. The van der Waals surface area contributed by atoms with Crippen molar-refractivity contribution in [1.82, 2.24) is 25.2 Å². The van der Waals surface area contributed by atoms with Gasteiger partial charge in [-0.2, -0.15) is 9.90 Å². The van der Waals surface area contributed by atoms with Crippen LogP contribution in [0.4, 0.5) is 0 Å². The molecule has 0 spiro atoms. The minimum Gasteiger partial charge on any atom is -0.379 e. The Hall–Kier alpha value is -3.03. The van der Waals surface area contributed by atoms with Crippen LogP contribution in [0.5, 0.6) is 0 Å². The molecule has 0 radical (unpaired) electrons. The highest BCUT2D eigenvalue weighted by molar-refractivity contribution is 5.93. The quantitative estimate of drug-likeness (QED) is 0.698. The van der Waals surface area contributed by atoms with E-state index in [1.165, 1.54) is 10.4 Å². The number of ether oxygens (including phenoxy) is 1. The van der Waals surface area contributed by atoms with Crippen molar-refractivity contribution in [1.29, 1.82) is 0 Å². The van der Waals surface area contributed by atoms with Crippen molar-refractivity contribution in [2.24, 2.45) is 0 Å². The number of morpholine rings is 1. The van der Waals surface area contributed by atoms with Gasteiger partial charge in [-0.3, -0.25) is 9.69 Å². The molecule has 150 valence electrons. The summed E-state index contributed by atoms with van der Waals surface area (Å²) < 4.78 is 5.43. The van der Waals surface area contributed by atoms with Crippen molar-refractivity contribution in [3.8, 4) is 5.69 Å². The van der Waals surface area contributed by atoms with E-state index in [4.69, 9.17) is 4.74 Å². The van der Waals surface area contributed by atoms with Gasteiger partial charge in [0.2, 0.25) is 0 Å². The van der Waals surface area contributed by atoms with Crippen LogP contribution in [0.1, 0.15) is 27.3 Å². The Bertz CT molecular complexity index is 964. The largest absolute Gasteiger partial charge is 0.379 e. The summed E-state index contributed by atoms with van der Waals surface area (Å²) in [6, 6.07) is 17.8. The van der Waals surface area contributed by atoms with Gasteiger partial charge >= 0.3 is 0 Å². The number of carbonyl (C=O) groups is 1. The first-order chi connectivity index (χ1) is 14.2. The summed E-state index contributed by atoms with van der Waals surface area (Å²) in [6.07, 6.45) is 0. The first-order valence-electron chi connectivity index (χ1n) is 9.85. The zero-order chi connectivity index (χ0) is 20.1. The molecular weight excluding hydrogens is 366 g/mol. The SMILES string of the molecule is Cc1nn(-c2ccccc2)nc1C(=O)NCc1ccccc1CN1CCOCC1. The maximum atomic E-state index is 12.7. The van der Waals surface area contributed by atoms with Gasteiger partial charge < -0.3 is 10.1 Å². The number of benzene rings is 2. The molecule has 7 nitrogen and oxygen atoms in total. The van der Waals surface area contributed by atoms with Crippen molar-refractivity contribution >= 4 is 5.91 Å². The van der Waals surface area contributed by atoms with Crippen LogP contribution in [0.3, 0.4) is 0 Å². The van der Waals surface area contributed by atoms with Crippen LogP contribution in [0.25, 0.3) is 5.69 Å². The van der Waals surface area contributed by atoms with E-state index in [9.17, 15) is 4.79 Å². The molecule has 2 heterocycles. The van der Waals surface area contributed by atoms with Crippen LogP contribution in [0.15, 0.2) is 54.6 Å². The monoisotopic (exact) mass is 391 g/mol. The predicted octanol–water partition coefficient (Wildman–Crippen LogP) is 2.34. The minimum absolute atomic E-state index is 0.217. The first-order valence-corrected chi connectivity index (χ1v) is 9.85. The second-order valence-corrected chi connectivity index (χ2v) is 7.10. The number of para-hydroxylation sites is 1. The average molecular weight is 391 g/mol. The van der Waals surface area contributed by atoms with Crippen LogP contribution in [-0.2, 0) is 17.8 Å². The maximum absolute atomic E-state index is 12.7. The molecule has 1 fully saturated rings. The van der Waals surface area contributed by atoms with Crippen LogP contribution in [0.2, 0.25) is 0 Å². The third-order valence-corrected chi connectivity index (χ3v) is 5.04. The van der Waals surface area contributed by atoms with E-state index in [0.29, 0.717) is 17.9 Å². The van der Waals surface area contributed by atoms with Crippen molar-refractivity contribution < 1.29 is 9.53 Å². The molecule has 0 unspecified atom stereocenters. The highest BCUT2D eigenvalue weighted by Crippen LogP contribution is 2.14. The van der Waals surface area contributed by atoms with Gasteiger partial charge in [-0.15, -0.1) is 5.10 Å². The van der Waals surface area contributed by atoms with E-state index >= 15 is 0 Å². The molecule has 0 atom stereocenters. The van der Waals surface area contributed by atoms with Crippen LogP contribution in [0, 0.1) is 6.92 Å². The molecule has 7 heteroatoms. The standard InChI is InChI=1S/C22H25N5O2/c1-17-21(25-27(24-17)20-9-3-2-4-10-20)22(28)23-15-18-7-5-6-8-19(18)16-26-11-13-29-14-12-26/h2-10H,11-16H2,1H3,(H,23,28). The lowest BCUT2D eigenvalue weighted by Crippen LogP contribution is -2.36. The van der Waals surface area contributed by atoms with E-state index in [1.807, 2.05) is 42.5 Å². The van der Waals surface area contributed by atoms with Gasteiger partial charge in [-0.05, 0) is 30.2 Å². The third-order valence-electron chi connectivity index (χ3n) is 5.04. The fourth-order valence-electron chi connectivity index (χ4n) is 3.41. The Morgan fingerprint density at radius 3 is 2.45 bits per heavy atom. The average Bonchev–Trinajstić information content (AvgIpc) is 3.16. The molecule has 1 amide bonds. The zero-order valence-corrected chi connectivity index (χ0v) is 16.5. The second-order valence-electron chi connectivity index (χ2n) is 7.10. The predicted molar refractivity (Wildman–Crippen MR) is 110 cm³/mol. The molecule has 4 rings (SSSR count). The number of aromatic nitrogens is 3. The highest BCUT2D eigenvalue weighted by Gasteiger charge is 2.17. The number of rotatable bonds is 6. The number of carbonyl (C=O) groups excluding carboxylic acids is 1. The number of hydrogen-bond donors (Lipinski definition) is 1. The zero-order valence-electron chi connectivity index (χ0n) is 16.5. The molecule has 1 aromatic heterocycles. The van der Waals surface area contributed by atoms with Crippen molar-refractivity contribution in [2.45, 2.75) is 20.0 Å². The van der Waals surface area contributed by atoms with Gasteiger partial charge in [0.25, 0.3) is 5.91 Å². The summed E-state index contributed by atoms with van der Waals surface area (Å²) in [5.74, 6) is -0.217. The number of nitrogens with one attached hydrogen (secondary N) is 1. The number of nitrogens with zero attached hydrogens (tertiary/aromatic N) is 4. The molecule has 0 aliphatic carbocycles. The van der Waals surface area contributed by atoms with E-state index in [1.54, 1.807) is 6.92 Å². The van der Waals surface area contributed by atoms with Gasteiger partial charge in [0.15, 0.2) is 5.69 Å². The topological polar surface area (TPSA) is 72.3 Å². The summed E-state index contributed by atoms with van der Waals surface area (Å²) in [5.41, 5.74) is 4.11. The lowest BCUT2D eigenvalue weighted by atomic mass is 10.1. The second kappa shape index (κ2) is 8.98. The third kappa shape index (κ3) is 4.70. The fourth-order valence-corrected chi connectivity index (χ4v) is 3.41. The molecule has 1 aliphatic rings. The van der Waals surface area contributed by atoms with Gasteiger partial charge in [0, 0.05) is 26.2 Å². The highest BCUT2D eigenvalue weighted by atomic mass is 16.5. The lowest BCUT2D eigenvalue weighted by Gasteiger charge is -2.27. The summed E-state index contributed by atoms with van der Waals surface area (Å²) in [5, 5.41) is 11.8. The van der Waals surface area contributed by atoms with E-state index < -0.39 is 0 Å². The van der Waals surface area contributed by atoms with E-state index in [-0.39, 0.29) is 5.91 Å². The molecule has 1 N–H and O–H groups in total. The van der Waals surface area contributed by atoms with E-state index in [2.05, 4.69) is 32.5 Å². The molecule has 0 bridgehead atoms. The normalized spacial score (nSPS) is 14.7. The van der Waals surface area contributed by atoms with Crippen LogP contribution < -0.4 is 5.32 Å². The van der Waals surface area contributed by atoms with Gasteiger partial charge in [-0.25, -0.2) is 0 Å². The summed E-state index contributed by atoms with van der Waals surface area (Å²) >= 11 is 0. The Labute approximate surface area is 170 Å². The van der Waals surface area contributed by atoms with Crippen molar-refractivity contribution in [2.75, 3.05) is 26.3 Å². The molecule has 0 saturated carbocycles. The molecule has 3 aromatic rings. The Balaban J connectivity index is 1.43. The number of amides is 1. The molecular formula is C22H25N5O2. The van der Waals surface area contributed by atoms with Crippen LogP contribution in [-0.4, -0.2) is 52.1 Å². The molecule has 1 aliphatic heterocycles. The smallest absolute Gasteiger partial charge is 0.274 e. The summed E-state index contributed by atoms with van der Waals surface area (Å²) in [7, 11) is 0. The first kappa shape index (κ1) is 19.3. The summed E-state index contributed by atoms with van der Waals surface area (Å²) in [4.78, 5) is 16.6. The van der Waals surface area contributed by atoms with Gasteiger partial charge in [0.1, 0.15) is 0 Å². The maximum Gasteiger partial charge on any atom is 0.274 e. The number of hydrogen-bond acceptors (Lipinski definition) is 5. The molecule has 29 heavy (non-hydrogen) atoms. The Morgan fingerprint density at radius 1 is 1.00 bits per heavy atom. The van der Waals surface area contributed by atoms with E-state index in [0.717, 1.165) is 44.1 Å². The van der Waals surface area contributed by atoms with Crippen LogP contribution >= 0.6 is 0 Å². The summed E-state index contributed by atoms with van der Waals surface area (Å²) in [6.45, 7) is 6.53. The molecule has 2 aromatic carbocycles. The Kier molecular flexibility index (Phi) is 5.97. The van der Waals surface area contributed by atoms with Crippen molar-refractivity contribution in [3.05, 3.63) is 77.1 Å². The Morgan fingerprint density at radius 2 is 1.69 bits per heavy atom. The molecule has 1 saturated heterocycles. The minimum atomic E-state index is -0.217. The lowest BCUT2D eigenvalue weighted by molar-refractivity contribution is 0.0340. The van der Waals surface area contributed by atoms with Gasteiger partial charge in [0.05, 0.1) is 24.6 Å². The van der Waals surface area contributed by atoms with Gasteiger partial charge in [-0.1, -0.05) is 42.5 Å². The fraction of sp³-hybridized carbons (Fsp3) is 0.318. The van der Waals surface area contributed by atoms with Crippen molar-refractivity contribution in [3.63, 3.8) is 0 Å².